The van der Waals surface area contributed by atoms with Gasteiger partial charge in [-0.25, -0.2) is 0 Å². The van der Waals surface area contributed by atoms with E-state index in [9.17, 15) is 65.9 Å². The van der Waals surface area contributed by atoms with Crippen molar-refractivity contribution in [3.05, 3.63) is 24.3 Å². The van der Waals surface area contributed by atoms with Gasteiger partial charge < -0.3 is 9.84 Å². The van der Waals surface area contributed by atoms with E-state index in [-0.39, 0.29) is 0 Å². The molecule has 17 heteroatoms. The van der Waals surface area contributed by atoms with Crippen molar-refractivity contribution in [2.45, 2.75) is 41.7 Å². The lowest BCUT2D eigenvalue weighted by Gasteiger charge is -2.41. The molecule has 0 spiro atoms. The van der Waals surface area contributed by atoms with Crippen LogP contribution in [0.5, 0.6) is 11.5 Å². The Bertz CT molecular complexity index is 767. The van der Waals surface area contributed by atoms with E-state index in [2.05, 4.69) is 4.74 Å². The molecule has 1 aromatic rings. The van der Waals surface area contributed by atoms with E-state index in [0.29, 0.717) is 24.3 Å². The first-order valence-corrected chi connectivity index (χ1v) is 7.23. The minimum atomic E-state index is -8.33. The maximum Gasteiger partial charge on any atom is 0.460 e. The van der Waals surface area contributed by atoms with Gasteiger partial charge in [-0.1, -0.05) is 0 Å². The second-order valence-corrected chi connectivity index (χ2v) is 5.86. The second-order valence-electron chi connectivity index (χ2n) is 5.86. The highest BCUT2D eigenvalue weighted by Crippen LogP contribution is 2.62. The highest BCUT2D eigenvalue weighted by atomic mass is 19.4. The Hall–Kier alpha value is -2.23. The number of ether oxygens (including phenoxy) is 1. The van der Waals surface area contributed by atoms with Crippen molar-refractivity contribution in [2.24, 2.45) is 0 Å². The van der Waals surface area contributed by atoms with Crippen molar-refractivity contribution < 1.29 is 75.7 Å². The van der Waals surface area contributed by atoms with Gasteiger partial charge in [-0.3, -0.25) is 0 Å². The third-order valence-electron chi connectivity index (χ3n) is 3.65. The van der Waals surface area contributed by atoms with Gasteiger partial charge in [-0.15, -0.1) is 0 Å². The van der Waals surface area contributed by atoms with Crippen LogP contribution in [0, 0.1) is 0 Å². The summed E-state index contributed by atoms with van der Waals surface area (Å²) in [5, 5.41) is 8.89. The van der Waals surface area contributed by atoms with E-state index >= 15 is 0 Å². The fourth-order valence-electron chi connectivity index (χ4n) is 1.81. The molecule has 0 saturated carbocycles. The summed E-state index contributed by atoms with van der Waals surface area (Å²) in [5.41, 5.74) is 0. The zero-order valence-corrected chi connectivity index (χ0v) is 14.0. The fraction of sp³-hybridized carbons (Fsp3) is 0.571. The van der Waals surface area contributed by atoms with Gasteiger partial charge >= 0.3 is 41.7 Å². The predicted molar refractivity (Wildman–Crippen MR) is 69.3 cm³/mol. The SMILES string of the molecule is Oc1ccc(OCC(F)(F)C(F)(F)C(F)(F)C(F)(F)C(F)(F)C(F)(F)C(F)(F)F)cc1. The van der Waals surface area contributed by atoms with Gasteiger partial charge in [0, 0.05) is 0 Å². The molecule has 0 aliphatic rings. The summed E-state index contributed by atoms with van der Waals surface area (Å²) >= 11 is 0. The lowest BCUT2D eigenvalue weighted by Crippen LogP contribution is -2.73. The number of aromatic hydroxyl groups is 1. The van der Waals surface area contributed by atoms with Gasteiger partial charge in [0.25, 0.3) is 0 Å². The first-order chi connectivity index (χ1) is 13.5. The summed E-state index contributed by atoms with van der Waals surface area (Å²) in [6.45, 7) is -2.93. The number of rotatable bonds is 8. The van der Waals surface area contributed by atoms with Gasteiger partial charge in [-0.2, -0.15) is 65.9 Å². The smallest absolute Gasteiger partial charge is 0.460 e. The molecule has 0 saturated heterocycles. The quantitative estimate of drug-likeness (QED) is 0.442. The maximum absolute atomic E-state index is 13.5. The molecular weight excluding hydrogens is 485 g/mol. The third-order valence-corrected chi connectivity index (χ3v) is 3.65. The van der Waals surface area contributed by atoms with E-state index in [1.54, 1.807) is 0 Å². The highest BCUT2D eigenvalue weighted by molar-refractivity contribution is 5.30. The minimum Gasteiger partial charge on any atom is -0.508 e. The Morgan fingerprint density at radius 2 is 0.903 bits per heavy atom. The Labute approximate surface area is 161 Å². The number of phenolic OH excluding ortho intramolecular Hbond substituents is 1. The van der Waals surface area contributed by atoms with Crippen molar-refractivity contribution in [1.29, 1.82) is 0 Å². The summed E-state index contributed by atoms with van der Waals surface area (Å²) in [5.74, 6) is -48.3. The molecule has 0 aromatic heterocycles. The molecule has 180 valence electrons. The average Bonchev–Trinajstić information content (AvgIpc) is 2.59. The molecule has 0 bridgehead atoms. The average molecular weight is 492 g/mol. The molecule has 2 nitrogen and oxygen atoms in total. The van der Waals surface area contributed by atoms with Crippen LogP contribution in [0.25, 0.3) is 0 Å². The molecular formula is C14H7F15O2. The van der Waals surface area contributed by atoms with Crippen LogP contribution in [0.1, 0.15) is 0 Å². The molecule has 0 unspecified atom stereocenters. The summed E-state index contributed by atoms with van der Waals surface area (Å²) in [4.78, 5) is 0. The summed E-state index contributed by atoms with van der Waals surface area (Å²) in [6.07, 6.45) is -7.64. The van der Waals surface area contributed by atoms with Gasteiger partial charge in [0.15, 0.2) is 6.61 Å². The molecule has 1 N–H and O–H groups in total. The summed E-state index contributed by atoms with van der Waals surface area (Å²) in [7, 11) is 0. The molecule has 0 radical (unpaired) electrons. The van der Waals surface area contributed by atoms with Crippen molar-refractivity contribution >= 4 is 0 Å². The van der Waals surface area contributed by atoms with Crippen molar-refractivity contribution in [3.63, 3.8) is 0 Å². The van der Waals surface area contributed by atoms with Crippen LogP contribution in [0.4, 0.5) is 65.9 Å². The lowest BCUT2D eigenvalue weighted by molar-refractivity contribution is -0.453. The molecule has 1 aromatic carbocycles. The standard InChI is InChI=1S/C14H7F15O2/c15-8(16,5-31-7-3-1-6(30)2-4-7)9(17,18)10(19,20)11(21,22)12(23,24)13(25,26)14(27,28)29/h1-4,30H,5H2. The number of halogens is 15. The van der Waals surface area contributed by atoms with E-state index in [0.717, 1.165) is 0 Å². The molecule has 0 aliphatic heterocycles. The van der Waals surface area contributed by atoms with Crippen molar-refractivity contribution in [1.82, 2.24) is 0 Å². The number of phenols is 1. The van der Waals surface area contributed by atoms with Crippen molar-refractivity contribution in [3.8, 4) is 11.5 Å². The molecule has 0 aliphatic carbocycles. The first kappa shape index (κ1) is 26.8. The molecule has 0 amide bonds. The van der Waals surface area contributed by atoms with E-state index in [1.807, 2.05) is 0 Å². The second kappa shape index (κ2) is 7.43. The number of hydrogen-bond donors (Lipinski definition) is 1. The van der Waals surface area contributed by atoms with Gasteiger partial charge in [0.1, 0.15) is 11.5 Å². The maximum atomic E-state index is 13.5. The number of alkyl halides is 15. The highest BCUT2D eigenvalue weighted by Gasteiger charge is 2.93. The lowest BCUT2D eigenvalue weighted by atomic mass is 9.91. The van der Waals surface area contributed by atoms with Crippen LogP contribution in [-0.2, 0) is 0 Å². The number of benzene rings is 1. The third kappa shape index (κ3) is 4.02. The molecule has 1 rings (SSSR count). The molecule has 0 atom stereocenters. The van der Waals surface area contributed by atoms with Crippen LogP contribution in [0.3, 0.4) is 0 Å². The van der Waals surface area contributed by atoms with E-state index in [4.69, 9.17) is 5.11 Å². The topological polar surface area (TPSA) is 29.5 Å². The fourth-order valence-corrected chi connectivity index (χ4v) is 1.81. The van der Waals surface area contributed by atoms with Crippen LogP contribution in [0.2, 0.25) is 0 Å². The molecule has 0 heterocycles. The van der Waals surface area contributed by atoms with E-state index < -0.39 is 59.8 Å². The monoisotopic (exact) mass is 492 g/mol. The van der Waals surface area contributed by atoms with Gasteiger partial charge in [0.05, 0.1) is 0 Å². The van der Waals surface area contributed by atoms with Crippen LogP contribution < -0.4 is 4.74 Å². The molecule has 0 fully saturated rings. The van der Waals surface area contributed by atoms with Crippen molar-refractivity contribution in [2.75, 3.05) is 6.61 Å². The molecule has 31 heavy (non-hydrogen) atoms. The van der Waals surface area contributed by atoms with Crippen LogP contribution in [0.15, 0.2) is 24.3 Å². The normalized spacial score (nSPS) is 15.2. The van der Waals surface area contributed by atoms with E-state index in [1.165, 1.54) is 0 Å². The Morgan fingerprint density at radius 3 is 1.29 bits per heavy atom. The Kier molecular flexibility index (Phi) is 6.42. The summed E-state index contributed by atoms with van der Waals surface area (Å²) in [6, 6.07) is 2.53. The predicted octanol–water partition coefficient (Wildman–Crippen LogP) is 6.15. The zero-order valence-electron chi connectivity index (χ0n) is 14.0. The minimum absolute atomic E-state index is 0.538. The van der Waals surface area contributed by atoms with Gasteiger partial charge in [-0.05, 0) is 24.3 Å². The van der Waals surface area contributed by atoms with Crippen LogP contribution >= 0.6 is 0 Å². The number of hydrogen-bond acceptors (Lipinski definition) is 2. The summed E-state index contributed by atoms with van der Waals surface area (Å²) < 4.78 is 199. The van der Waals surface area contributed by atoms with Gasteiger partial charge in [0.2, 0.25) is 0 Å². The zero-order chi connectivity index (χ0) is 24.9. The van der Waals surface area contributed by atoms with Crippen LogP contribution in [-0.4, -0.2) is 53.4 Å². The Morgan fingerprint density at radius 1 is 0.548 bits per heavy atom. The Balaban J connectivity index is 3.35. The largest absolute Gasteiger partial charge is 0.508 e. The first-order valence-electron chi connectivity index (χ1n) is 7.23.